The van der Waals surface area contributed by atoms with Crippen LogP contribution in [-0.4, -0.2) is 183 Å². The number of fused-ring (bicyclic) bond motifs is 6. The van der Waals surface area contributed by atoms with Gasteiger partial charge in [0.15, 0.2) is 0 Å². The van der Waals surface area contributed by atoms with Crippen molar-refractivity contribution in [1.82, 2.24) is 44.8 Å². The first-order valence-electron chi connectivity index (χ1n) is 44.3. The first-order chi connectivity index (χ1) is 61.7. The molecule has 0 radical (unpaired) electrons. The van der Waals surface area contributed by atoms with Gasteiger partial charge in [-0.05, 0) is 300 Å². The number of benzene rings is 6. The third-order valence-corrected chi connectivity index (χ3v) is 24.8. The van der Waals surface area contributed by atoms with Gasteiger partial charge in [0.05, 0.1) is 48.9 Å². The van der Waals surface area contributed by atoms with E-state index in [-0.39, 0.29) is 31.0 Å². The summed E-state index contributed by atoms with van der Waals surface area (Å²) in [6.07, 6.45) is 25.1. The van der Waals surface area contributed by atoms with Gasteiger partial charge in [0.1, 0.15) is 23.9 Å². The molecule has 9 N–H and O–H groups in total. The number of rotatable bonds is 26. The average molecular weight is 1770 g/mol. The normalized spacial score (nSPS) is 14.8. The van der Waals surface area contributed by atoms with Crippen LogP contribution in [0.25, 0.3) is 16.7 Å². The number of unbranched alkanes of at least 4 members (excludes halogenated alkanes) is 3. The van der Waals surface area contributed by atoms with Crippen molar-refractivity contribution < 1.29 is 49.0 Å². The molecule has 6 amide bonds. The molecule has 0 atom stereocenters. The van der Waals surface area contributed by atoms with E-state index in [0.29, 0.717) is 54.2 Å². The van der Waals surface area contributed by atoms with E-state index in [0.717, 1.165) is 235 Å². The summed E-state index contributed by atoms with van der Waals surface area (Å²) in [4.78, 5) is 66.9. The Morgan fingerprint density at radius 2 is 0.803 bits per heavy atom. The highest BCUT2D eigenvalue weighted by atomic mass is 35.5. The van der Waals surface area contributed by atoms with E-state index in [1.165, 1.54) is 96.0 Å². The number of nitrogens with two attached hydrogens (primary N) is 3. The number of amides is 6. The quantitative estimate of drug-likeness (QED) is 0.0127. The number of ether oxygens (including phenoxy) is 3. The van der Waals surface area contributed by atoms with Gasteiger partial charge in [0.25, 0.3) is 5.91 Å². The molecule has 127 heavy (non-hydrogen) atoms. The number of hydroxylamine groups is 6. The molecule has 3 aromatic heterocycles. The molecule has 22 nitrogen and oxygen atoms in total. The van der Waals surface area contributed by atoms with Gasteiger partial charge in [-0.3, -0.25) is 45.1 Å². The van der Waals surface area contributed by atoms with Gasteiger partial charge < -0.3 is 41.2 Å². The summed E-state index contributed by atoms with van der Waals surface area (Å²) in [6.45, 7) is 12.6. The van der Waals surface area contributed by atoms with Crippen molar-refractivity contribution in [3.05, 3.63) is 298 Å². The van der Waals surface area contributed by atoms with Crippen molar-refractivity contribution in [2.45, 2.75) is 142 Å². The van der Waals surface area contributed by atoms with Crippen LogP contribution < -0.4 is 31.4 Å². The summed E-state index contributed by atoms with van der Waals surface area (Å²) in [6, 6.07) is 50.7. The summed E-state index contributed by atoms with van der Waals surface area (Å²) < 4.78 is 17.9. The third kappa shape index (κ3) is 26.6. The first kappa shape index (κ1) is 93.3. The molecule has 15 rings (SSSR count). The minimum atomic E-state index is -0.944. The van der Waals surface area contributed by atoms with E-state index < -0.39 is 18.0 Å². The molecule has 3 aliphatic carbocycles. The van der Waals surface area contributed by atoms with Crippen molar-refractivity contribution in [3.8, 4) is 40.9 Å². The van der Waals surface area contributed by atoms with E-state index in [1.807, 2.05) is 85.3 Å². The minimum Gasteiger partial charge on any atom is -0.494 e. The fourth-order valence-corrected chi connectivity index (χ4v) is 17.8. The zero-order valence-electron chi connectivity index (χ0n) is 72.3. The van der Waals surface area contributed by atoms with E-state index in [2.05, 4.69) is 111 Å². The Labute approximate surface area is 760 Å². The molecular weight excluding hydrogens is 1660 g/mol. The lowest BCUT2D eigenvalue weighted by molar-refractivity contribution is -0.162. The molecule has 0 bridgehead atoms. The zero-order chi connectivity index (χ0) is 89.0. The number of nitrogens with zero attached hydrogens (tertiary/aromatic N) is 9. The Morgan fingerprint density at radius 1 is 0.409 bits per heavy atom. The molecule has 6 aliphatic rings. The van der Waals surface area contributed by atoms with Crippen LogP contribution in [0.3, 0.4) is 0 Å². The predicted molar refractivity (Wildman–Crippen MR) is 498 cm³/mol. The summed E-state index contributed by atoms with van der Waals surface area (Å²) in [7, 11) is 0. The Bertz CT molecular complexity index is 5550. The summed E-state index contributed by atoms with van der Waals surface area (Å²) >= 11 is 19.1. The van der Waals surface area contributed by atoms with Crippen molar-refractivity contribution >= 4 is 75.4 Å². The number of piperidine rings is 3. The van der Waals surface area contributed by atoms with Crippen LogP contribution in [0.1, 0.15) is 191 Å². The molecular formula is C102H113Cl3N12O10. The van der Waals surface area contributed by atoms with Gasteiger partial charge in [-0.2, -0.15) is 0 Å². The monoisotopic (exact) mass is 1770 g/mol. The van der Waals surface area contributed by atoms with Crippen LogP contribution in [0, 0.1) is 23.7 Å². The lowest BCUT2D eigenvalue weighted by Crippen LogP contribution is -2.34. The van der Waals surface area contributed by atoms with Crippen LogP contribution in [0.4, 0.5) is 9.59 Å². The molecule has 25 heteroatoms. The maximum atomic E-state index is 12.1. The minimum absolute atomic E-state index is 0.0202. The second-order valence-electron chi connectivity index (χ2n) is 32.7. The first-order valence-corrected chi connectivity index (χ1v) is 45.4. The van der Waals surface area contributed by atoms with Gasteiger partial charge in [-0.1, -0.05) is 124 Å². The van der Waals surface area contributed by atoms with Crippen LogP contribution in [0.2, 0.25) is 15.1 Å². The van der Waals surface area contributed by atoms with Crippen molar-refractivity contribution in [2.24, 2.45) is 17.2 Å². The Balaban J connectivity index is 0.000000163. The lowest BCUT2D eigenvalue weighted by Gasteiger charge is -2.30. The Kier molecular flexibility index (Phi) is 34.4. The molecule has 0 spiro atoms. The lowest BCUT2D eigenvalue weighted by atomic mass is 9.88. The highest BCUT2D eigenvalue weighted by Gasteiger charge is 2.30. The largest absolute Gasteiger partial charge is 0.494 e. The van der Waals surface area contributed by atoms with E-state index >= 15 is 0 Å². The molecule has 6 aromatic carbocycles. The van der Waals surface area contributed by atoms with Gasteiger partial charge in [-0.25, -0.2) is 24.8 Å². The number of halogens is 3. The number of urea groups is 2. The Hall–Kier alpha value is -11.4. The molecule has 662 valence electrons. The van der Waals surface area contributed by atoms with Crippen LogP contribution >= 0.6 is 34.8 Å². The molecule has 3 aliphatic heterocycles. The second kappa shape index (κ2) is 46.9. The molecule has 6 heterocycles. The van der Waals surface area contributed by atoms with Crippen molar-refractivity contribution in [3.63, 3.8) is 0 Å². The SMILES string of the molecule is CC(=O)N(O)CCCCc1ccc(OCCCCN2CCC(=C3c4ccc(Cl)cc4CCc4cccnc43)CC2)cc1.NC(=O)N(O)CCC#Cc1ccc(OCCCCN2CCC(=C3c4ccc(Cl)cc4CCc4cccnc43)CC2)cc1.NC(=O)c1cc(C#CCCN(O)C(N)=O)ccc1OCCN1CCC(=C2c3ccc(Cl)cc3CCc3cccnc32)CC1. The summed E-state index contributed by atoms with van der Waals surface area (Å²) in [5.41, 5.74) is 42.0. The summed E-state index contributed by atoms with van der Waals surface area (Å²) in [5, 5.41) is 32.0. The van der Waals surface area contributed by atoms with Gasteiger partial charge >= 0.3 is 12.1 Å². The maximum Gasteiger partial charge on any atom is 0.338 e. The number of likely N-dealkylation sites (tertiary alicyclic amines) is 3. The van der Waals surface area contributed by atoms with Gasteiger partial charge in [0.2, 0.25) is 5.91 Å². The van der Waals surface area contributed by atoms with E-state index in [1.54, 1.807) is 18.2 Å². The topological polar surface area (TPSA) is 293 Å². The number of primary amides is 3. The number of hydrogen-bond donors (Lipinski definition) is 6. The smallest absolute Gasteiger partial charge is 0.338 e. The molecule has 0 unspecified atom stereocenters. The standard InChI is InChI=1S/C35H42ClN3O3.C34H37ClN4O3.C33H34ClN5O4/c1-26(40)39(41)21-3-2-7-27-9-14-32(15-10-27)42-24-5-4-20-38-22-17-28(18-23-38)34-33-16-13-31(36)25-30(33)12-11-29-8-6-19-37-35(29)34;35-29-12-15-31-28(24-29)11-10-27-7-5-18-37-33(27)32(31)26-16-21-38(22-17-26)19-3-4-23-42-30-13-8-25(9-14-30)6-1-2-20-39(41)34(36)40;34-26-9-10-27-25(21-26)8-7-24-5-3-14-37-31(24)30(27)23-12-16-38(17-13-23)18-19-43-29-11-6-22(20-28(29)32(35)40)4-1-2-15-39(42)33(36)41/h6,8-10,13-16,19,25,41H,2-5,7,11-12,17-18,20-24H2,1H3;5,7-9,12-15,18,24,41H,2-4,10-11,16-17,19-23H2,(H2,36,40);3,5-6,9-11,14,20-21,42H,2,7-8,12-13,15-19H2,(H2,35,40)(H2,36,41). The third-order valence-electron chi connectivity index (χ3n) is 24.1. The van der Waals surface area contributed by atoms with Crippen molar-refractivity contribution in [1.29, 1.82) is 0 Å². The van der Waals surface area contributed by atoms with Crippen LogP contribution in [0.15, 0.2) is 193 Å². The maximum absolute atomic E-state index is 12.1. The highest BCUT2D eigenvalue weighted by molar-refractivity contribution is 6.31. The van der Waals surface area contributed by atoms with Gasteiger partial charge in [0, 0.05) is 134 Å². The molecule has 3 saturated heterocycles. The van der Waals surface area contributed by atoms with E-state index in [9.17, 15) is 34.8 Å². The molecule has 3 fully saturated rings. The number of carbonyl (C=O) groups excluding carboxylic acids is 4. The number of pyridine rings is 3. The number of aryl methyl sites for hydroxylation is 7. The van der Waals surface area contributed by atoms with Crippen LogP contribution in [0.5, 0.6) is 17.2 Å². The molecule has 0 saturated carbocycles. The number of hydrogen-bond acceptors (Lipinski definition) is 16. The average Bonchev–Trinajstić information content (AvgIpc) is 1.70. The number of aromatic nitrogens is 3. The van der Waals surface area contributed by atoms with E-state index in [4.69, 9.17) is 81.2 Å². The Morgan fingerprint density at radius 3 is 1.21 bits per heavy atom. The molecule has 9 aromatic rings. The highest BCUT2D eigenvalue weighted by Crippen LogP contribution is 2.43. The second-order valence-corrected chi connectivity index (χ2v) is 34.0. The van der Waals surface area contributed by atoms with Crippen LogP contribution in [-0.2, 0) is 49.7 Å². The number of carbonyl (C=O) groups is 4. The predicted octanol–water partition coefficient (Wildman–Crippen LogP) is 17.7. The fraction of sp³-hybridized carbons (Fsp3) is 0.363. The van der Waals surface area contributed by atoms with Crippen molar-refractivity contribution in [2.75, 3.05) is 98.4 Å². The summed E-state index contributed by atoms with van der Waals surface area (Å²) in [5.74, 6) is 12.9. The fourth-order valence-electron chi connectivity index (χ4n) is 17.3. The van der Waals surface area contributed by atoms with Gasteiger partial charge in [-0.15, -0.1) is 0 Å². The zero-order valence-corrected chi connectivity index (χ0v) is 74.6.